The number of halogens is 1. The summed E-state index contributed by atoms with van der Waals surface area (Å²) in [5.41, 5.74) is 0. The van der Waals surface area contributed by atoms with E-state index in [2.05, 4.69) is 25.2 Å². The Labute approximate surface area is 115 Å². The van der Waals surface area contributed by atoms with Gasteiger partial charge in [-0.05, 0) is 32.0 Å². The number of nitrogens with one attached hydrogen (secondary N) is 1. The molecular weight excluding hydrogens is 250 g/mol. The Morgan fingerprint density at radius 2 is 1.88 bits per heavy atom. The molecule has 0 bridgehead atoms. The van der Waals surface area contributed by atoms with Gasteiger partial charge >= 0.3 is 0 Å². The molecule has 1 rings (SSSR count). The van der Waals surface area contributed by atoms with Gasteiger partial charge in [-0.3, -0.25) is 0 Å². The van der Waals surface area contributed by atoms with Crippen LogP contribution in [0.15, 0.2) is 12.1 Å². The Bertz CT molecular complexity index is 298. The molecule has 1 aromatic rings. The molecule has 1 heterocycles. The third-order valence-electron chi connectivity index (χ3n) is 3.00. The van der Waals surface area contributed by atoms with Crippen LogP contribution < -0.4 is 5.32 Å². The van der Waals surface area contributed by atoms with Gasteiger partial charge in [-0.25, -0.2) is 0 Å². The number of hydrogen-bond donors (Lipinski definition) is 1. The lowest BCUT2D eigenvalue weighted by Gasteiger charge is -2.11. The van der Waals surface area contributed by atoms with Crippen LogP contribution >= 0.6 is 22.9 Å². The smallest absolute Gasteiger partial charge is 0.0931 e. The Balaban J connectivity index is 2.03. The lowest BCUT2D eigenvalue weighted by Crippen LogP contribution is -2.18. The second-order valence-electron chi connectivity index (χ2n) is 4.59. The van der Waals surface area contributed by atoms with Crippen molar-refractivity contribution in [3.05, 3.63) is 21.3 Å². The van der Waals surface area contributed by atoms with Gasteiger partial charge in [-0.15, -0.1) is 11.3 Å². The van der Waals surface area contributed by atoms with E-state index in [0.717, 1.165) is 10.9 Å². The molecule has 0 saturated carbocycles. The minimum absolute atomic E-state index is 0.433. The van der Waals surface area contributed by atoms with Crippen LogP contribution in [-0.4, -0.2) is 6.54 Å². The van der Waals surface area contributed by atoms with E-state index in [9.17, 15) is 0 Å². The fraction of sp³-hybridized carbons (Fsp3) is 0.714. The lowest BCUT2D eigenvalue weighted by molar-refractivity contribution is 0.531. The second-order valence-corrected chi connectivity index (χ2v) is 6.33. The van der Waals surface area contributed by atoms with Crippen LogP contribution in [0.25, 0.3) is 0 Å². The molecule has 1 N–H and O–H groups in total. The molecule has 1 aromatic heterocycles. The Morgan fingerprint density at radius 1 is 1.18 bits per heavy atom. The highest BCUT2D eigenvalue weighted by atomic mass is 35.5. The topological polar surface area (TPSA) is 12.0 Å². The summed E-state index contributed by atoms with van der Waals surface area (Å²) in [6.07, 6.45) is 8.13. The van der Waals surface area contributed by atoms with Gasteiger partial charge in [0.15, 0.2) is 0 Å². The average molecular weight is 274 g/mol. The molecule has 1 atom stereocenters. The maximum atomic E-state index is 5.93. The van der Waals surface area contributed by atoms with Crippen LogP contribution in [0.5, 0.6) is 0 Å². The predicted molar refractivity (Wildman–Crippen MR) is 79.1 cm³/mol. The molecule has 0 radical (unpaired) electrons. The summed E-state index contributed by atoms with van der Waals surface area (Å²) in [5.74, 6) is 0. The molecule has 0 aliphatic rings. The SMILES string of the molecule is CCCCCCCCNC(C)c1ccc(Cl)s1. The zero-order chi connectivity index (χ0) is 12.5. The Morgan fingerprint density at radius 3 is 2.53 bits per heavy atom. The van der Waals surface area contributed by atoms with Crippen molar-refractivity contribution in [2.24, 2.45) is 0 Å². The van der Waals surface area contributed by atoms with Crippen molar-refractivity contribution in [2.45, 2.75) is 58.4 Å². The van der Waals surface area contributed by atoms with E-state index in [1.54, 1.807) is 11.3 Å². The van der Waals surface area contributed by atoms with E-state index in [-0.39, 0.29) is 0 Å². The van der Waals surface area contributed by atoms with Crippen molar-refractivity contribution in [3.63, 3.8) is 0 Å². The van der Waals surface area contributed by atoms with E-state index in [1.165, 1.54) is 43.4 Å². The maximum Gasteiger partial charge on any atom is 0.0931 e. The second kappa shape index (κ2) is 8.96. The monoisotopic (exact) mass is 273 g/mol. The van der Waals surface area contributed by atoms with Crippen LogP contribution in [0, 0.1) is 0 Å². The molecule has 0 aliphatic carbocycles. The lowest BCUT2D eigenvalue weighted by atomic mass is 10.1. The molecule has 0 fully saturated rings. The van der Waals surface area contributed by atoms with Crippen LogP contribution in [0.3, 0.4) is 0 Å². The quantitative estimate of drug-likeness (QED) is 0.593. The number of hydrogen-bond acceptors (Lipinski definition) is 2. The zero-order valence-electron chi connectivity index (χ0n) is 11.0. The van der Waals surface area contributed by atoms with Gasteiger partial charge in [0.05, 0.1) is 4.34 Å². The van der Waals surface area contributed by atoms with E-state index in [0.29, 0.717) is 6.04 Å². The third kappa shape index (κ3) is 6.44. The Kier molecular flexibility index (Phi) is 7.91. The minimum atomic E-state index is 0.433. The summed E-state index contributed by atoms with van der Waals surface area (Å²) in [4.78, 5) is 1.33. The predicted octanol–water partition coefficient (Wildman–Crippen LogP) is 5.41. The zero-order valence-corrected chi connectivity index (χ0v) is 12.5. The molecule has 3 heteroatoms. The van der Waals surface area contributed by atoms with Crippen molar-refractivity contribution in [1.29, 1.82) is 0 Å². The molecule has 0 saturated heterocycles. The fourth-order valence-corrected chi connectivity index (χ4v) is 2.97. The molecular formula is C14H24ClNS. The van der Waals surface area contributed by atoms with Gasteiger partial charge in [0.1, 0.15) is 0 Å². The molecule has 0 aromatic carbocycles. The molecule has 17 heavy (non-hydrogen) atoms. The number of rotatable bonds is 9. The Hall–Kier alpha value is -0.0500. The molecule has 0 amide bonds. The largest absolute Gasteiger partial charge is 0.309 e. The van der Waals surface area contributed by atoms with Crippen molar-refractivity contribution < 1.29 is 0 Å². The molecule has 0 spiro atoms. The first-order valence-electron chi connectivity index (χ1n) is 6.72. The maximum absolute atomic E-state index is 5.93. The average Bonchev–Trinajstić information content (AvgIpc) is 2.74. The van der Waals surface area contributed by atoms with Gasteiger partial charge in [0.25, 0.3) is 0 Å². The summed E-state index contributed by atoms with van der Waals surface area (Å²) in [6.45, 7) is 5.58. The van der Waals surface area contributed by atoms with Crippen molar-refractivity contribution in [1.82, 2.24) is 5.32 Å². The highest BCUT2D eigenvalue weighted by Gasteiger charge is 2.06. The minimum Gasteiger partial charge on any atom is -0.309 e. The number of unbranched alkanes of at least 4 members (excludes halogenated alkanes) is 5. The van der Waals surface area contributed by atoms with Crippen LogP contribution in [-0.2, 0) is 0 Å². The van der Waals surface area contributed by atoms with Crippen LogP contribution in [0.4, 0.5) is 0 Å². The van der Waals surface area contributed by atoms with E-state index in [1.807, 2.05) is 6.07 Å². The van der Waals surface area contributed by atoms with E-state index in [4.69, 9.17) is 11.6 Å². The normalized spacial score (nSPS) is 12.9. The van der Waals surface area contributed by atoms with Crippen LogP contribution in [0.2, 0.25) is 4.34 Å². The van der Waals surface area contributed by atoms with Gasteiger partial charge in [0.2, 0.25) is 0 Å². The fourth-order valence-electron chi connectivity index (χ4n) is 1.89. The van der Waals surface area contributed by atoms with Gasteiger partial charge in [-0.2, -0.15) is 0 Å². The molecule has 1 nitrogen and oxygen atoms in total. The van der Waals surface area contributed by atoms with Gasteiger partial charge in [-0.1, -0.05) is 50.6 Å². The third-order valence-corrected chi connectivity index (χ3v) is 4.42. The summed E-state index contributed by atoms with van der Waals surface area (Å²) >= 11 is 7.60. The summed E-state index contributed by atoms with van der Waals surface area (Å²) in [6, 6.07) is 4.53. The van der Waals surface area contributed by atoms with E-state index >= 15 is 0 Å². The van der Waals surface area contributed by atoms with Crippen molar-refractivity contribution >= 4 is 22.9 Å². The van der Waals surface area contributed by atoms with Gasteiger partial charge in [0, 0.05) is 10.9 Å². The van der Waals surface area contributed by atoms with Gasteiger partial charge < -0.3 is 5.32 Å². The highest BCUT2D eigenvalue weighted by molar-refractivity contribution is 7.16. The first-order chi connectivity index (χ1) is 8.24. The van der Waals surface area contributed by atoms with E-state index < -0.39 is 0 Å². The highest BCUT2D eigenvalue weighted by Crippen LogP contribution is 2.26. The summed E-state index contributed by atoms with van der Waals surface area (Å²) < 4.78 is 0.883. The summed E-state index contributed by atoms with van der Waals surface area (Å²) in [5, 5.41) is 3.55. The van der Waals surface area contributed by atoms with Crippen LogP contribution in [0.1, 0.15) is 63.3 Å². The summed E-state index contributed by atoms with van der Waals surface area (Å²) in [7, 11) is 0. The first-order valence-corrected chi connectivity index (χ1v) is 7.92. The first kappa shape index (κ1) is 15.0. The standard InChI is InChI=1S/C14H24ClNS/c1-3-4-5-6-7-8-11-16-12(2)13-9-10-14(15)17-13/h9-10,12,16H,3-8,11H2,1-2H3. The van der Waals surface area contributed by atoms with Crippen molar-refractivity contribution in [3.8, 4) is 0 Å². The number of thiophene rings is 1. The molecule has 98 valence electrons. The molecule has 1 unspecified atom stereocenters. The molecule has 0 aliphatic heterocycles. The van der Waals surface area contributed by atoms with Crippen molar-refractivity contribution in [2.75, 3.05) is 6.54 Å².